The summed E-state index contributed by atoms with van der Waals surface area (Å²) < 4.78 is 5.18. The first-order valence-corrected chi connectivity index (χ1v) is 6.91. The molecular weight excluding hydrogens is 270 g/mol. The molecule has 21 heavy (non-hydrogen) atoms. The van der Waals surface area contributed by atoms with Gasteiger partial charge in [-0.1, -0.05) is 6.92 Å². The van der Waals surface area contributed by atoms with E-state index in [1.807, 2.05) is 20.8 Å². The van der Waals surface area contributed by atoms with Gasteiger partial charge in [0.2, 0.25) is 0 Å². The summed E-state index contributed by atoms with van der Waals surface area (Å²) in [6, 6.07) is 1.49. The molecule has 1 rings (SSSR count). The Labute approximate surface area is 125 Å². The maximum Gasteiger partial charge on any atom is 0.340 e. The van der Waals surface area contributed by atoms with Crippen LogP contribution in [0.25, 0.3) is 0 Å². The first-order valence-electron chi connectivity index (χ1n) is 6.91. The van der Waals surface area contributed by atoms with Gasteiger partial charge in [-0.2, -0.15) is 0 Å². The summed E-state index contributed by atoms with van der Waals surface area (Å²) in [5.41, 5.74) is 6.42. The van der Waals surface area contributed by atoms with Gasteiger partial charge in [-0.05, 0) is 40.2 Å². The normalized spacial score (nSPS) is 12.6. The van der Waals surface area contributed by atoms with E-state index in [1.165, 1.54) is 19.2 Å². The zero-order chi connectivity index (χ0) is 16.2. The monoisotopic (exact) mass is 293 g/mol. The summed E-state index contributed by atoms with van der Waals surface area (Å²) >= 11 is 0. The highest BCUT2D eigenvalue weighted by Crippen LogP contribution is 2.13. The van der Waals surface area contributed by atoms with Crippen LogP contribution >= 0.6 is 0 Å². The van der Waals surface area contributed by atoms with Crippen molar-refractivity contribution in [1.82, 2.24) is 10.3 Å². The lowest BCUT2D eigenvalue weighted by molar-refractivity contribution is -0.130. The summed E-state index contributed by atoms with van der Waals surface area (Å²) in [5.74, 6) is -0.936. The van der Waals surface area contributed by atoms with Crippen LogP contribution < -0.4 is 11.1 Å². The van der Waals surface area contributed by atoms with E-state index in [2.05, 4.69) is 10.3 Å². The third-order valence-corrected chi connectivity index (χ3v) is 3.33. The van der Waals surface area contributed by atoms with Crippen LogP contribution in [0, 0.1) is 6.92 Å². The Bertz CT molecular complexity index is 541. The molecule has 0 spiro atoms. The number of nitrogen functional groups attached to an aromatic ring is 1. The molecule has 0 saturated heterocycles. The number of pyridine rings is 1. The van der Waals surface area contributed by atoms with E-state index in [0.29, 0.717) is 11.4 Å². The fourth-order valence-corrected chi connectivity index (χ4v) is 1.56. The van der Waals surface area contributed by atoms with Gasteiger partial charge in [-0.15, -0.1) is 0 Å². The fourth-order valence-electron chi connectivity index (χ4n) is 1.56. The largest absolute Gasteiger partial charge is 0.449 e. The molecule has 0 fully saturated rings. The van der Waals surface area contributed by atoms with Crippen molar-refractivity contribution >= 4 is 17.6 Å². The summed E-state index contributed by atoms with van der Waals surface area (Å²) in [6.07, 6.45) is 1.35. The molecule has 0 bridgehead atoms. The molecule has 0 saturated carbocycles. The number of carbonyl (C=O) groups is 2. The maximum atomic E-state index is 12.1. The van der Waals surface area contributed by atoms with Crippen LogP contribution in [0.4, 0.5) is 5.69 Å². The molecule has 1 unspecified atom stereocenters. The zero-order valence-electron chi connectivity index (χ0n) is 13.2. The number of nitrogens with zero attached hydrogens (tertiary/aromatic N) is 1. The Balaban J connectivity index is 2.74. The predicted molar refractivity (Wildman–Crippen MR) is 80.8 cm³/mol. The third kappa shape index (κ3) is 4.73. The van der Waals surface area contributed by atoms with Gasteiger partial charge in [0.05, 0.1) is 23.1 Å². The summed E-state index contributed by atoms with van der Waals surface area (Å²) in [5, 5.41) is 2.83. The number of nitrogens with two attached hydrogens (primary N) is 1. The molecule has 1 amide bonds. The Morgan fingerprint density at radius 1 is 1.48 bits per heavy atom. The second-order valence-electron chi connectivity index (χ2n) is 5.68. The zero-order valence-corrected chi connectivity index (χ0v) is 13.2. The van der Waals surface area contributed by atoms with E-state index in [9.17, 15) is 9.59 Å². The Kier molecular flexibility index (Phi) is 5.29. The van der Waals surface area contributed by atoms with E-state index in [1.54, 1.807) is 6.92 Å². The van der Waals surface area contributed by atoms with Crippen molar-refractivity contribution in [3.63, 3.8) is 0 Å². The lowest BCUT2D eigenvalue weighted by Crippen LogP contribution is -2.47. The number of hydrogen-bond donors (Lipinski definition) is 2. The predicted octanol–water partition coefficient (Wildman–Crippen LogP) is 1.82. The number of carbonyl (C=O) groups excluding carboxylic acids is 2. The Morgan fingerprint density at radius 3 is 2.67 bits per heavy atom. The van der Waals surface area contributed by atoms with Gasteiger partial charge in [0.15, 0.2) is 6.10 Å². The smallest absolute Gasteiger partial charge is 0.340 e. The molecule has 1 atom stereocenters. The number of aromatic nitrogens is 1. The van der Waals surface area contributed by atoms with Crippen molar-refractivity contribution < 1.29 is 14.3 Å². The van der Waals surface area contributed by atoms with Crippen LogP contribution in [0.3, 0.4) is 0 Å². The van der Waals surface area contributed by atoms with Crippen molar-refractivity contribution in [1.29, 1.82) is 0 Å². The minimum Gasteiger partial charge on any atom is -0.449 e. The van der Waals surface area contributed by atoms with Crippen LogP contribution in [-0.2, 0) is 9.53 Å². The van der Waals surface area contributed by atoms with Gasteiger partial charge in [-0.3, -0.25) is 9.78 Å². The van der Waals surface area contributed by atoms with Gasteiger partial charge in [0.1, 0.15) is 0 Å². The SMILES string of the molecule is CCC(C)(C)NC(=O)C(C)OC(=O)c1cc(N)cnc1C. The average Bonchev–Trinajstić information content (AvgIpc) is 2.40. The molecule has 1 aromatic heterocycles. The molecule has 1 aromatic rings. The Morgan fingerprint density at radius 2 is 2.10 bits per heavy atom. The molecule has 6 heteroatoms. The van der Waals surface area contributed by atoms with Crippen LogP contribution in [0.5, 0.6) is 0 Å². The van der Waals surface area contributed by atoms with Gasteiger partial charge in [0, 0.05) is 5.54 Å². The number of esters is 1. The molecule has 116 valence electrons. The second kappa shape index (κ2) is 6.56. The molecule has 0 radical (unpaired) electrons. The third-order valence-electron chi connectivity index (χ3n) is 3.33. The molecule has 6 nitrogen and oxygen atoms in total. The quantitative estimate of drug-likeness (QED) is 0.808. The number of nitrogens with one attached hydrogen (secondary N) is 1. The molecule has 1 heterocycles. The number of rotatable bonds is 5. The average molecular weight is 293 g/mol. The van der Waals surface area contributed by atoms with Gasteiger partial charge < -0.3 is 15.8 Å². The number of anilines is 1. The number of hydrogen-bond acceptors (Lipinski definition) is 5. The van der Waals surface area contributed by atoms with Crippen molar-refractivity contribution in [3.05, 3.63) is 23.5 Å². The maximum absolute atomic E-state index is 12.1. The van der Waals surface area contributed by atoms with E-state index in [4.69, 9.17) is 10.5 Å². The first kappa shape index (κ1) is 16.9. The van der Waals surface area contributed by atoms with Crippen LogP contribution in [0.2, 0.25) is 0 Å². The number of amides is 1. The standard InChI is InChI=1S/C15H23N3O3/c1-6-15(4,5)18-13(19)10(3)21-14(20)12-7-11(16)8-17-9(12)2/h7-8,10H,6,16H2,1-5H3,(H,18,19). The highest BCUT2D eigenvalue weighted by atomic mass is 16.5. The van der Waals surface area contributed by atoms with Crippen LogP contribution in [-0.4, -0.2) is 28.5 Å². The van der Waals surface area contributed by atoms with Gasteiger partial charge >= 0.3 is 5.97 Å². The topological polar surface area (TPSA) is 94.3 Å². The summed E-state index contributed by atoms with van der Waals surface area (Å²) in [6.45, 7) is 9.00. The lowest BCUT2D eigenvalue weighted by Gasteiger charge is -2.26. The lowest BCUT2D eigenvalue weighted by atomic mass is 10.0. The highest BCUT2D eigenvalue weighted by Gasteiger charge is 2.25. The molecule has 0 aliphatic rings. The highest BCUT2D eigenvalue weighted by molar-refractivity contribution is 5.93. The van der Waals surface area contributed by atoms with E-state index in [-0.39, 0.29) is 17.0 Å². The minimum absolute atomic E-state index is 0.268. The molecule has 0 aliphatic heterocycles. The molecule has 0 aliphatic carbocycles. The van der Waals surface area contributed by atoms with Crippen molar-refractivity contribution in [2.45, 2.75) is 52.7 Å². The van der Waals surface area contributed by atoms with Gasteiger partial charge in [0.25, 0.3) is 5.91 Å². The Hall–Kier alpha value is -2.11. The molecule has 0 aromatic carbocycles. The first-order chi connectivity index (χ1) is 9.66. The number of ether oxygens (including phenoxy) is 1. The second-order valence-corrected chi connectivity index (χ2v) is 5.68. The van der Waals surface area contributed by atoms with E-state index in [0.717, 1.165) is 6.42 Å². The van der Waals surface area contributed by atoms with Crippen molar-refractivity contribution in [3.8, 4) is 0 Å². The minimum atomic E-state index is -0.885. The summed E-state index contributed by atoms with van der Waals surface area (Å²) in [7, 11) is 0. The van der Waals surface area contributed by atoms with Crippen molar-refractivity contribution in [2.75, 3.05) is 5.73 Å². The van der Waals surface area contributed by atoms with E-state index >= 15 is 0 Å². The molecule has 3 N–H and O–H groups in total. The number of aryl methyl sites for hydroxylation is 1. The fraction of sp³-hybridized carbons (Fsp3) is 0.533. The van der Waals surface area contributed by atoms with Crippen molar-refractivity contribution in [2.24, 2.45) is 0 Å². The molecular formula is C15H23N3O3. The van der Waals surface area contributed by atoms with Crippen LogP contribution in [0.15, 0.2) is 12.3 Å². The van der Waals surface area contributed by atoms with Gasteiger partial charge in [-0.25, -0.2) is 4.79 Å². The summed E-state index contributed by atoms with van der Waals surface area (Å²) in [4.78, 5) is 28.1. The van der Waals surface area contributed by atoms with Crippen LogP contribution in [0.1, 0.15) is 50.2 Å². The van der Waals surface area contributed by atoms with E-state index < -0.39 is 12.1 Å².